The summed E-state index contributed by atoms with van der Waals surface area (Å²) in [6, 6.07) is 6.81. The van der Waals surface area contributed by atoms with Crippen molar-refractivity contribution in [3.05, 3.63) is 78.2 Å². The molecule has 0 spiro atoms. The minimum absolute atomic E-state index is 0.00910. The number of carboxylic acid groups (broad SMARTS) is 1. The molecule has 1 aliphatic rings. The highest BCUT2D eigenvalue weighted by atomic mass is 32.2. The fraction of sp³-hybridized carbons (Fsp3) is 0.323. The van der Waals surface area contributed by atoms with Gasteiger partial charge in [-0.05, 0) is 48.0 Å². The molecular weight excluding hydrogens is 728 g/mol. The van der Waals surface area contributed by atoms with Crippen LogP contribution in [-0.2, 0) is 21.4 Å². The monoisotopic (exact) mass is 759 g/mol. The number of hydrogen-bond acceptors (Lipinski definition) is 11. The molecule has 1 fully saturated rings. The van der Waals surface area contributed by atoms with Gasteiger partial charge in [-0.1, -0.05) is 26.0 Å². The number of rotatable bonds is 9. The molecule has 3 heterocycles. The van der Waals surface area contributed by atoms with Crippen LogP contribution in [0.25, 0.3) is 11.0 Å². The number of pyridine rings is 1. The van der Waals surface area contributed by atoms with E-state index in [2.05, 4.69) is 29.7 Å². The summed E-state index contributed by atoms with van der Waals surface area (Å²) in [5.74, 6) is -3.21. The summed E-state index contributed by atoms with van der Waals surface area (Å²) in [6.45, 7) is 2.94. The van der Waals surface area contributed by atoms with Crippen LogP contribution < -0.4 is 25.4 Å². The molecule has 1 saturated heterocycles. The molecule has 1 amide bonds. The van der Waals surface area contributed by atoms with Crippen LogP contribution >= 0.6 is 0 Å². The highest BCUT2D eigenvalue weighted by Crippen LogP contribution is 2.29. The third-order valence-corrected chi connectivity index (χ3v) is 8.84. The number of benzene rings is 2. The zero-order chi connectivity index (χ0) is 38.4. The molecule has 0 saturated carbocycles. The lowest BCUT2D eigenvalue weighted by molar-refractivity contribution is -0.275. The van der Waals surface area contributed by atoms with Gasteiger partial charge in [0.15, 0.2) is 0 Å². The Morgan fingerprint density at radius 2 is 1.50 bits per heavy atom. The Balaban J connectivity index is 0.00000144. The van der Waals surface area contributed by atoms with Crippen LogP contribution in [0.5, 0.6) is 11.5 Å². The third-order valence-electron chi connectivity index (χ3n) is 6.92. The topological polar surface area (TPSA) is 190 Å². The Morgan fingerprint density at radius 1 is 0.942 bits per heavy atom. The smallest absolute Gasteiger partial charge is 0.478 e. The van der Waals surface area contributed by atoms with E-state index in [9.17, 15) is 49.5 Å². The molecule has 4 aromatic rings. The van der Waals surface area contributed by atoms with E-state index in [-0.39, 0.29) is 48.6 Å². The average Bonchev–Trinajstić information content (AvgIpc) is 3.05. The van der Waals surface area contributed by atoms with Crippen molar-refractivity contribution in [1.29, 1.82) is 0 Å². The zero-order valence-corrected chi connectivity index (χ0v) is 28.0. The molecule has 280 valence electrons. The van der Waals surface area contributed by atoms with Gasteiger partial charge < -0.3 is 30.5 Å². The summed E-state index contributed by atoms with van der Waals surface area (Å²) in [7, 11) is -4.52. The fourth-order valence-electron chi connectivity index (χ4n) is 4.77. The number of nitrogens with zero attached hydrogens (tertiary/aromatic N) is 5. The number of halogens is 6. The first-order chi connectivity index (χ1) is 24.2. The number of amides is 1. The maximum Gasteiger partial charge on any atom is 0.573 e. The molecule has 5 rings (SSSR count). The molecule has 1 atom stereocenters. The number of hydrogen-bond donors (Lipinski definition) is 3. The standard InChI is InChI=1S/C28H22F6N6O7S.C3H9N/c29-27(30,31)46-17-3-1-16(2-4-17)11-37-25(41)22-15-39(23-14-36-21-13-35-12-20(26(42)43)24(21)38-23)9-10-40(22)48(44,45)19-7-5-18(6-8-19)47-28(32,33)34;1-3(2)4/h1-8,12-14,22H,9-11,15H2,(H,37,41)(H,42,43);3H,4H2,1-2H3/t22-;/m1./s1. The minimum Gasteiger partial charge on any atom is -0.478 e. The molecule has 0 bridgehead atoms. The van der Waals surface area contributed by atoms with Gasteiger partial charge >= 0.3 is 18.7 Å². The summed E-state index contributed by atoms with van der Waals surface area (Å²) < 4.78 is 111. The average molecular weight is 760 g/mol. The van der Waals surface area contributed by atoms with Gasteiger partial charge in [0.1, 0.15) is 40.0 Å². The molecule has 4 N–H and O–H groups in total. The van der Waals surface area contributed by atoms with Crippen LogP contribution in [0.3, 0.4) is 0 Å². The second-order valence-corrected chi connectivity index (χ2v) is 13.2. The summed E-state index contributed by atoms with van der Waals surface area (Å²) in [4.78, 5) is 38.7. The van der Waals surface area contributed by atoms with Crippen molar-refractivity contribution in [2.75, 3.05) is 24.5 Å². The summed E-state index contributed by atoms with van der Waals surface area (Å²) >= 11 is 0. The summed E-state index contributed by atoms with van der Waals surface area (Å²) in [5, 5.41) is 12.1. The van der Waals surface area contributed by atoms with Gasteiger partial charge in [0.2, 0.25) is 15.9 Å². The van der Waals surface area contributed by atoms with Crippen LogP contribution in [0.4, 0.5) is 32.2 Å². The number of nitrogens with one attached hydrogen (secondary N) is 1. The fourth-order valence-corrected chi connectivity index (χ4v) is 6.34. The summed E-state index contributed by atoms with van der Waals surface area (Å²) in [6.07, 6.45) is -6.26. The predicted molar refractivity (Wildman–Crippen MR) is 172 cm³/mol. The van der Waals surface area contributed by atoms with Crippen molar-refractivity contribution in [2.24, 2.45) is 5.73 Å². The van der Waals surface area contributed by atoms with Gasteiger partial charge in [-0.2, -0.15) is 4.31 Å². The molecule has 21 heteroatoms. The number of piperazine rings is 1. The zero-order valence-electron chi connectivity index (χ0n) is 27.2. The number of aromatic nitrogens is 3. The van der Waals surface area contributed by atoms with E-state index in [0.717, 1.165) is 46.9 Å². The van der Waals surface area contributed by atoms with Gasteiger partial charge in [0.25, 0.3) is 0 Å². The first-order valence-electron chi connectivity index (χ1n) is 15.1. The van der Waals surface area contributed by atoms with Gasteiger partial charge in [-0.3, -0.25) is 9.78 Å². The third kappa shape index (κ3) is 10.6. The van der Waals surface area contributed by atoms with E-state index < -0.39 is 57.1 Å². The van der Waals surface area contributed by atoms with Crippen molar-refractivity contribution in [1.82, 2.24) is 24.6 Å². The van der Waals surface area contributed by atoms with Crippen molar-refractivity contribution in [3.8, 4) is 11.5 Å². The van der Waals surface area contributed by atoms with Crippen LogP contribution in [0.2, 0.25) is 0 Å². The molecule has 2 aromatic heterocycles. The molecular formula is C31H31F6N7O7S. The van der Waals surface area contributed by atoms with Crippen LogP contribution in [0, 0.1) is 0 Å². The van der Waals surface area contributed by atoms with Crippen molar-refractivity contribution >= 4 is 38.8 Å². The maximum atomic E-state index is 13.7. The van der Waals surface area contributed by atoms with E-state index in [1.165, 1.54) is 29.4 Å². The van der Waals surface area contributed by atoms with Crippen LogP contribution in [0.15, 0.2) is 72.0 Å². The SMILES string of the molecule is CC(C)N.O=C(O)c1cncc2ncc(N3CCN(S(=O)(=O)c4ccc(OC(F)(F)F)cc4)[C@@H](C(=O)NCc4ccc(OC(F)(F)F)cc4)C3)nc12. The Kier molecular flexibility index (Phi) is 12.1. The predicted octanol–water partition coefficient (Wildman–Crippen LogP) is 4.07. The molecule has 1 aliphatic heterocycles. The number of ether oxygens (including phenoxy) is 2. The van der Waals surface area contributed by atoms with Crippen LogP contribution in [0.1, 0.15) is 29.8 Å². The lowest BCUT2D eigenvalue weighted by atomic mass is 10.1. The quantitative estimate of drug-likeness (QED) is 0.208. The highest BCUT2D eigenvalue weighted by Gasteiger charge is 2.41. The van der Waals surface area contributed by atoms with Crippen molar-refractivity contribution < 1.29 is 58.9 Å². The number of nitrogens with two attached hydrogens (primary N) is 1. The molecule has 14 nitrogen and oxygen atoms in total. The van der Waals surface area contributed by atoms with Gasteiger partial charge in [-0.25, -0.2) is 23.2 Å². The van der Waals surface area contributed by atoms with E-state index >= 15 is 0 Å². The van der Waals surface area contributed by atoms with Gasteiger partial charge in [0.05, 0.1) is 17.3 Å². The lowest BCUT2D eigenvalue weighted by Crippen LogP contribution is -2.60. The number of alkyl halides is 6. The van der Waals surface area contributed by atoms with Crippen LogP contribution in [-0.4, -0.2) is 89.1 Å². The molecule has 0 aliphatic carbocycles. The van der Waals surface area contributed by atoms with E-state index in [1.807, 2.05) is 13.8 Å². The first kappa shape index (κ1) is 39.5. The number of carboxylic acids is 1. The Morgan fingerprint density at radius 3 is 2.04 bits per heavy atom. The molecule has 2 aromatic carbocycles. The highest BCUT2D eigenvalue weighted by molar-refractivity contribution is 7.89. The number of fused-ring (bicyclic) bond motifs is 1. The number of carbonyl (C=O) groups excluding carboxylic acids is 1. The number of sulfonamides is 1. The lowest BCUT2D eigenvalue weighted by Gasteiger charge is -2.40. The Hall–Kier alpha value is -5.28. The van der Waals surface area contributed by atoms with Crippen molar-refractivity contribution in [2.45, 2.75) is 50.1 Å². The van der Waals surface area contributed by atoms with Gasteiger partial charge in [-0.15, -0.1) is 26.3 Å². The normalized spacial score (nSPS) is 15.5. The number of carbonyl (C=O) groups is 2. The Labute approximate surface area is 292 Å². The molecule has 52 heavy (non-hydrogen) atoms. The van der Waals surface area contributed by atoms with E-state index in [1.54, 1.807) is 0 Å². The van der Waals surface area contributed by atoms with Gasteiger partial charge in [0, 0.05) is 32.4 Å². The number of aromatic carboxylic acids is 1. The largest absolute Gasteiger partial charge is 0.573 e. The first-order valence-corrected chi connectivity index (χ1v) is 16.5. The minimum atomic E-state index is -5.01. The Bertz CT molecular complexity index is 1980. The second-order valence-electron chi connectivity index (χ2n) is 11.3. The maximum absolute atomic E-state index is 13.7. The van der Waals surface area contributed by atoms with Crippen molar-refractivity contribution in [3.63, 3.8) is 0 Å². The van der Waals surface area contributed by atoms with E-state index in [4.69, 9.17) is 5.73 Å². The van der Waals surface area contributed by atoms with E-state index in [0.29, 0.717) is 11.6 Å². The second kappa shape index (κ2) is 15.9. The summed E-state index contributed by atoms with van der Waals surface area (Å²) in [5.41, 5.74) is 5.36. The number of anilines is 1. The molecule has 0 unspecified atom stereocenters. The molecule has 0 radical (unpaired) electrons.